The fourth-order valence-corrected chi connectivity index (χ4v) is 3.46. The fraction of sp³-hybridized carbons (Fsp3) is 0.111. The number of nitrogens with zero attached hydrogens (tertiary/aromatic N) is 1. The zero-order valence-corrected chi connectivity index (χ0v) is 15.1. The Hall–Kier alpha value is -2.51. The molecule has 5 nitrogen and oxygen atoms in total. The first-order chi connectivity index (χ1) is 12.4. The molecular formula is C18H13ClFNO4S. The average Bonchev–Trinajstić information content (AvgIpc) is 2.86. The van der Waals surface area contributed by atoms with Crippen LogP contribution in [0, 0.1) is 5.82 Å². The summed E-state index contributed by atoms with van der Waals surface area (Å²) in [5.41, 5.74) is 1.08. The first kappa shape index (κ1) is 18.3. The molecule has 8 heteroatoms. The highest BCUT2D eigenvalue weighted by Gasteiger charge is 2.35. The number of imide groups is 1. The summed E-state index contributed by atoms with van der Waals surface area (Å²) in [5, 5.41) is 9.33. The number of hydrogen-bond donors (Lipinski definition) is 1. The summed E-state index contributed by atoms with van der Waals surface area (Å²) in [4.78, 5) is 26.0. The number of amides is 2. The molecular weight excluding hydrogens is 381 g/mol. The Kier molecular flexibility index (Phi) is 5.20. The predicted molar refractivity (Wildman–Crippen MR) is 97.6 cm³/mol. The monoisotopic (exact) mass is 393 g/mol. The van der Waals surface area contributed by atoms with E-state index in [4.69, 9.17) is 16.3 Å². The summed E-state index contributed by atoms with van der Waals surface area (Å²) in [6.45, 7) is -0.0416. The highest BCUT2D eigenvalue weighted by Crippen LogP contribution is 2.35. The zero-order valence-electron chi connectivity index (χ0n) is 13.5. The molecule has 1 saturated heterocycles. The van der Waals surface area contributed by atoms with Crippen molar-refractivity contribution in [2.24, 2.45) is 0 Å². The van der Waals surface area contributed by atoms with Gasteiger partial charge in [-0.05, 0) is 53.2 Å². The van der Waals surface area contributed by atoms with Crippen molar-refractivity contribution >= 4 is 40.6 Å². The van der Waals surface area contributed by atoms with Gasteiger partial charge < -0.3 is 9.84 Å². The largest absolute Gasteiger partial charge is 0.504 e. The van der Waals surface area contributed by atoms with Crippen molar-refractivity contribution in [3.05, 3.63) is 63.3 Å². The summed E-state index contributed by atoms with van der Waals surface area (Å²) in [6, 6.07) is 8.39. The molecule has 0 saturated carbocycles. The smallest absolute Gasteiger partial charge is 0.293 e. The second-order valence-electron chi connectivity index (χ2n) is 5.43. The van der Waals surface area contributed by atoms with Crippen LogP contribution >= 0.6 is 23.4 Å². The van der Waals surface area contributed by atoms with E-state index >= 15 is 0 Å². The van der Waals surface area contributed by atoms with E-state index in [2.05, 4.69) is 0 Å². The van der Waals surface area contributed by atoms with Gasteiger partial charge in [-0.3, -0.25) is 14.5 Å². The van der Waals surface area contributed by atoms with Crippen molar-refractivity contribution in [1.29, 1.82) is 0 Å². The van der Waals surface area contributed by atoms with E-state index < -0.39 is 17.0 Å². The molecule has 0 aliphatic carbocycles. The Balaban J connectivity index is 1.84. The number of aromatic hydroxyl groups is 1. The number of benzene rings is 2. The Labute approximate surface area is 158 Å². The first-order valence-corrected chi connectivity index (χ1v) is 8.65. The number of phenolic OH excluding ortho intramolecular Hbond substituents is 1. The van der Waals surface area contributed by atoms with Gasteiger partial charge in [-0.1, -0.05) is 23.7 Å². The van der Waals surface area contributed by atoms with Crippen LogP contribution in [0.15, 0.2) is 41.3 Å². The van der Waals surface area contributed by atoms with Gasteiger partial charge in [0.05, 0.1) is 18.6 Å². The molecule has 0 radical (unpaired) electrons. The molecule has 2 aromatic carbocycles. The van der Waals surface area contributed by atoms with E-state index in [0.717, 1.165) is 22.7 Å². The van der Waals surface area contributed by atoms with Gasteiger partial charge in [0, 0.05) is 5.02 Å². The molecule has 134 valence electrons. The molecule has 1 aliphatic heterocycles. The third-order valence-corrected chi connectivity index (χ3v) is 4.98. The van der Waals surface area contributed by atoms with E-state index in [1.165, 1.54) is 25.3 Å². The highest BCUT2D eigenvalue weighted by molar-refractivity contribution is 8.18. The van der Waals surface area contributed by atoms with Gasteiger partial charge in [0.15, 0.2) is 11.5 Å². The van der Waals surface area contributed by atoms with Gasteiger partial charge >= 0.3 is 0 Å². The maximum Gasteiger partial charge on any atom is 0.293 e. The molecule has 1 heterocycles. The van der Waals surface area contributed by atoms with Crippen molar-refractivity contribution in [3.63, 3.8) is 0 Å². The van der Waals surface area contributed by atoms with Crippen LogP contribution in [-0.2, 0) is 11.3 Å². The van der Waals surface area contributed by atoms with Gasteiger partial charge in [0.2, 0.25) is 0 Å². The van der Waals surface area contributed by atoms with Crippen LogP contribution in [0.2, 0.25) is 5.02 Å². The summed E-state index contributed by atoms with van der Waals surface area (Å²) in [6.07, 6.45) is 1.54. The number of phenols is 1. The van der Waals surface area contributed by atoms with Crippen LogP contribution in [0.25, 0.3) is 6.08 Å². The molecule has 2 amide bonds. The van der Waals surface area contributed by atoms with Gasteiger partial charge in [-0.2, -0.15) is 0 Å². The van der Waals surface area contributed by atoms with E-state index in [1.807, 2.05) is 0 Å². The molecule has 0 aromatic heterocycles. The minimum Gasteiger partial charge on any atom is -0.504 e. The topological polar surface area (TPSA) is 66.8 Å². The van der Waals surface area contributed by atoms with Crippen LogP contribution < -0.4 is 4.74 Å². The standard InChI is InChI=1S/C18H13ClFNO4S/c1-25-15-6-10(2-5-14(15)22)7-16-17(23)21(18(24)26-16)9-11-3-4-12(20)8-13(11)19/h2-8,22H,9H2,1H3/b16-7-. The van der Waals surface area contributed by atoms with Crippen LogP contribution in [0.3, 0.4) is 0 Å². The minimum atomic E-state index is -0.492. The number of carbonyl (C=O) groups excluding carboxylic acids is 2. The van der Waals surface area contributed by atoms with E-state index in [1.54, 1.807) is 18.2 Å². The van der Waals surface area contributed by atoms with E-state index in [-0.39, 0.29) is 28.0 Å². The quantitative estimate of drug-likeness (QED) is 0.778. The lowest BCUT2D eigenvalue weighted by molar-refractivity contribution is -0.123. The number of methoxy groups -OCH3 is 1. The molecule has 3 rings (SSSR count). The van der Waals surface area contributed by atoms with Crippen molar-refractivity contribution in [1.82, 2.24) is 4.90 Å². The second-order valence-corrected chi connectivity index (χ2v) is 6.84. The number of hydrogen-bond acceptors (Lipinski definition) is 5. The Morgan fingerprint density at radius 2 is 2.04 bits per heavy atom. The molecule has 0 bridgehead atoms. The van der Waals surface area contributed by atoms with E-state index in [0.29, 0.717) is 11.1 Å². The number of ether oxygens (including phenoxy) is 1. The summed E-state index contributed by atoms with van der Waals surface area (Å²) in [5.74, 6) is -0.721. The van der Waals surface area contributed by atoms with Gasteiger partial charge in [0.25, 0.3) is 11.1 Å². The number of carbonyl (C=O) groups is 2. The number of halogens is 2. The van der Waals surface area contributed by atoms with Crippen molar-refractivity contribution in [2.45, 2.75) is 6.54 Å². The first-order valence-electron chi connectivity index (χ1n) is 7.45. The van der Waals surface area contributed by atoms with Crippen LogP contribution in [-0.4, -0.2) is 28.3 Å². The molecule has 1 aliphatic rings. The third-order valence-electron chi connectivity index (χ3n) is 3.72. The van der Waals surface area contributed by atoms with Gasteiger partial charge in [-0.15, -0.1) is 0 Å². The van der Waals surface area contributed by atoms with E-state index in [9.17, 15) is 19.1 Å². The average molecular weight is 394 g/mol. The second kappa shape index (κ2) is 7.39. The SMILES string of the molecule is COc1cc(/C=C2\SC(=O)N(Cc3ccc(F)cc3Cl)C2=O)ccc1O. The zero-order chi connectivity index (χ0) is 18.8. The lowest BCUT2D eigenvalue weighted by atomic mass is 10.1. The van der Waals surface area contributed by atoms with Crippen LogP contribution in [0.4, 0.5) is 9.18 Å². The molecule has 0 unspecified atom stereocenters. The Bertz CT molecular complexity index is 931. The fourth-order valence-electron chi connectivity index (χ4n) is 2.39. The summed E-state index contributed by atoms with van der Waals surface area (Å²) < 4.78 is 18.2. The van der Waals surface area contributed by atoms with Crippen LogP contribution in [0.5, 0.6) is 11.5 Å². The molecule has 26 heavy (non-hydrogen) atoms. The lowest BCUT2D eigenvalue weighted by Gasteiger charge is -2.13. The molecule has 1 N–H and O–H groups in total. The Morgan fingerprint density at radius 1 is 1.27 bits per heavy atom. The minimum absolute atomic E-state index is 0.0243. The lowest BCUT2D eigenvalue weighted by Crippen LogP contribution is -2.27. The molecule has 0 atom stereocenters. The van der Waals surface area contributed by atoms with Crippen molar-refractivity contribution in [2.75, 3.05) is 7.11 Å². The summed E-state index contributed by atoms with van der Waals surface area (Å²) >= 11 is 6.77. The maximum absolute atomic E-state index is 13.1. The van der Waals surface area contributed by atoms with Crippen molar-refractivity contribution in [3.8, 4) is 11.5 Å². The number of rotatable bonds is 4. The normalized spacial score (nSPS) is 15.8. The predicted octanol–water partition coefficient (Wildman–Crippen LogP) is 4.43. The molecule has 1 fully saturated rings. The number of thioether (sulfide) groups is 1. The van der Waals surface area contributed by atoms with Crippen LogP contribution in [0.1, 0.15) is 11.1 Å². The van der Waals surface area contributed by atoms with Gasteiger partial charge in [0.1, 0.15) is 5.82 Å². The molecule has 2 aromatic rings. The van der Waals surface area contributed by atoms with Crippen molar-refractivity contribution < 1.29 is 23.8 Å². The maximum atomic E-state index is 13.1. The highest BCUT2D eigenvalue weighted by atomic mass is 35.5. The summed E-state index contributed by atoms with van der Waals surface area (Å²) in [7, 11) is 1.42. The van der Waals surface area contributed by atoms with Gasteiger partial charge in [-0.25, -0.2) is 4.39 Å². The third kappa shape index (κ3) is 3.68. The molecule has 0 spiro atoms. The Morgan fingerprint density at radius 3 is 2.73 bits per heavy atom.